The second-order valence-electron chi connectivity index (χ2n) is 3.26. The van der Waals surface area contributed by atoms with E-state index in [9.17, 15) is 0 Å². The zero-order valence-electron chi connectivity index (χ0n) is 8.03. The highest BCUT2D eigenvalue weighted by atomic mass is 14.0. The summed E-state index contributed by atoms with van der Waals surface area (Å²) in [5, 5.41) is 2.48. The van der Waals surface area contributed by atoms with Gasteiger partial charge in [0.25, 0.3) is 0 Å². The fourth-order valence-electron chi connectivity index (χ4n) is 1.62. The highest BCUT2D eigenvalue weighted by Crippen LogP contribution is 2.24. The normalized spacial score (nSPS) is 10.0. The molecule has 0 aliphatic rings. The average Bonchev–Trinajstić information content (AvgIpc) is 2.27. The van der Waals surface area contributed by atoms with Crippen molar-refractivity contribution in [2.24, 2.45) is 0 Å². The Bertz CT molecular complexity index is 487. The monoisotopic (exact) mass is 180 g/mol. The fraction of sp³-hybridized carbons (Fsp3) is 0. The summed E-state index contributed by atoms with van der Waals surface area (Å²) in [4.78, 5) is 0. The molecule has 0 aliphatic carbocycles. The summed E-state index contributed by atoms with van der Waals surface area (Å²) >= 11 is 0. The molecule has 0 unspecified atom stereocenters. The molecule has 0 spiro atoms. The second kappa shape index (κ2) is 3.51. The van der Waals surface area contributed by atoms with Crippen molar-refractivity contribution in [1.82, 2.24) is 0 Å². The summed E-state index contributed by atoms with van der Waals surface area (Å²) in [6.45, 7) is 7.72. The first kappa shape index (κ1) is 8.76. The Morgan fingerprint density at radius 3 is 2.50 bits per heavy atom. The van der Waals surface area contributed by atoms with Gasteiger partial charge in [-0.2, -0.15) is 0 Å². The van der Waals surface area contributed by atoms with E-state index < -0.39 is 0 Å². The molecule has 0 saturated carbocycles. The third-order valence-corrected chi connectivity index (χ3v) is 2.38. The van der Waals surface area contributed by atoms with Crippen LogP contribution in [0.25, 0.3) is 16.3 Å². The summed E-state index contributed by atoms with van der Waals surface area (Å²) in [6.07, 6.45) is 1.79. The lowest BCUT2D eigenvalue weighted by Crippen LogP contribution is -1.81. The van der Waals surface area contributed by atoms with Crippen LogP contribution in [0.2, 0.25) is 0 Å². The van der Waals surface area contributed by atoms with Crippen molar-refractivity contribution in [3.05, 3.63) is 67.3 Å². The number of benzene rings is 2. The quantitative estimate of drug-likeness (QED) is 0.612. The maximum Gasteiger partial charge on any atom is -0.0106 e. The van der Waals surface area contributed by atoms with Gasteiger partial charge in [0.05, 0.1) is 0 Å². The maximum atomic E-state index is 3.98. The van der Waals surface area contributed by atoms with Crippen LogP contribution in [0.15, 0.2) is 61.7 Å². The van der Waals surface area contributed by atoms with Crippen LogP contribution in [-0.2, 0) is 0 Å². The molecule has 0 amide bonds. The Hall–Kier alpha value is -1.82. The smallest absolute Gasteiger partial charge is 0.0106 e. The lowest BCUT2D eigenvalue weighted by atomic mass is 9.99. The van der Waals surface area contributed by atoms with Crippen molar-refractivity contribution in [2.75, 3.05) is 0 Å². The van der Waals surface area contributed by atoms with Gasteiger partial charge in [0.15, 0.2) is 0 Å². The molecule has 2 aromatic rings. The number of fused-ring (bicyclic) bond motifs is 1. The van der Waals surface area contributed by atoms with Crippen molar-refractivity contribution >= 4 is 16.3 Å². The topological polar surface area (TPSA) is 0 Å². The first-order valence-electron chi connectivity index (χ1n) is 4.62. The molecule has 0 N–H and O–H groups in total. The van der Waals surface area contributed by atoms with Crippen molar-refractivity contribution in [3.63, 3.8) is 0 Å². The van der Waals surface area contributed by atoms with Crippen molar-refractivity contribution in [1.29, 1.82) is 0 Å². The van der Waals surface area contributed by atoms with Gasteiger partial charge in [0, 0.05) is 0 Å². The highest BCUT2D eigenvalue weighted by Gasteiger charge is 2.00. The molecule has 0 aliphatic heterocycles. The van der Waals surface area contributed by atoms with E-state index in [4.69, 9.17) is 0 Å². The predicted molar refractivity (Wildman–Crippen MR) is 63.2 cm³/mol. The molecule has 0 heteroatoms. The molecular weight excluding hydrogens is 168 g/mol. The van der Waals surface area contributed by atoms with Crippen LogP contribution < -0.4 is 0 Å². The standard InChI is InChI=1S/C14H12/c1-3-11(2)13-10-6-8-12-7-4-5-9-14(12)13/h3-10H,1-2H2. The number of hydrogen-bond donors (Lipinski definition) is 0. The van der Waals surface area contributed by atoms with Gasteiger partial charge in [0.2, 0.25) is 0 Å². The Morgan fingerprint density at radius 2 is 1.71 bits per heavy atom. The molecule has 2 aromatic carbocycles. The van der Waals surface area contributed by atoms with Crippen molar-refractivity contribution < 1.29 is 0 Å². The third kappa shape index (κ3) is 1.35. The van der Waals surface area contributed by atoms with Gasteiger partial charge in [-0.15, -0.1) is 0 Å². The highest BCUT2D eigenvalue weighted by molar-refractivity contribution is 5.95. The SMILES string of the molecule is C=CC(=C)c1cccc2ccccc12. The van der Waals surface area contributed by atoms with Gasteiger partial charge >= 0.3 is 0 Å². The van der Waals surface area contributed by atoms with Gasteiger partial charge in [-0.05, 0) is 21.9 Å². The summed E-state index contributed by atoms with van der Waals surface area (Å²) in [5.41, 5.74) is 2.14. The molecule has 0 aromatic heterocycles. The molecule has 0 nitrogen and oxygen atoms in total. The van der Waals surface area contributed by atoms with E-state index in [1.807, 2.05) is 18.2 Å². The zero-order valence-corrected chi connectivity index (χ0v) is 8.03. The molecule has 0 fully saturated rings. The van der Waals surface area contributed by atoms with E-state index >= 15 is 0 Å². The summed E-state index contributed by atoms with van der Waals surface area (Å²) in [6, 6.07) is 14.5. The predicted octanol–water partition coefficient (Wildman–Crippen LogP) is 4.04. The van der Waals surface area contributed by atoms with Crippen LogP contribution in [0.1, 0.15) is 5.56 Å². The number of hydrogen-bond acceptors (Lipinski definition) is 0. The molecule has 0 saturated heterocycles. The fourth-order valence-corrected chi connectivity index (χ4v) is 1.62. The van der Waals surface area contributed by atoms with E-state index in [-0.39, 0.29) is 0 Å². The minimum absolute atomic E-state index is 0.974. The summed E-state index contributed by atoms with van der Waals surface area (Å²) in [7, 11) is 0. The maximum absolute atomic E-state index is 3.98. The van der Waals surface area contributed by atoms with Crippen molar-refractivity contribution in [3.8, 4) is 0 Å². The Balaban J connectivity index is 2.77. The molecule has 0 atom stereocenters. The van der Waals surface area contributed by atoms with E-state index in [1.165, 1.54) is 10.8 Å². The first-order chi connectivity index (χ1) is 6.83. The van der Waals surface area contributed by atoms with Crippen molar-refractivity contribution in [2.45, 2.75) is 0 Å². The lowest BCUT2D eigenvalue weighted by Gasteiger charge is -2.05. The molecule has 14 heavy (non-hydrogen) atoms. The summed E-state index contributed by atoms with van der Waals surface area (Å²) in [5.74, 6) is 0. The Morgan fingerprint density at radius 1 is 1.00 bits per heavy atom. The third-order valence-electron chi connectivity index (χ3n) is 2.38. The summed E-state index contributed by atoms with van der Waals surface area (Å²) < 4.78 is 0. The molecule has 0 bridgehead atoms. The minimum Gasteiger partial charge on any atom is -0.0985 e. The minimum atomic E-state index is 0.974. The number of rotatable bonds is 2. The molecule has 68 valence electrons. The van der Waals surface area contributed by atoms with E-state index in [0.717, 1.165) is 11.1 Å². The Labute approximate surface area is 84.2 Å². The van der Waals surface area contributed by atoms with Crippen LogP contribution in [-0.4, -0.2) is 0 Å². The van der Waals surface area contributed by atoms with Crippen LogP contribution in [0.3, 0.4) is 0 Å². The molecule has 0 heterocycles. The van der Waals surface area contributed by atoms with Crippen LogP contribution >= 0.6 is 0 Å². The van der Waals surface area contributed by atoms with Gasteiger partial charge < -0.3 is 0 Å². The molecular formula is C14H12. The first-order valence-corrected chi connectivity index (χ1v) is 4.62. The van der Waals surface area contributed by atoms with Crippen LogP contribution in [0, 0.1) is 0 Å². The van der Waals surface area contributed by atoms with Crippen LogP contribution in [0.4, 0.5) is 0 Å². The molecule has 0 radical (unpaired) electrons. The van der Waals surface area contributed by atoms with E-state index in [2.05, 4.69) is 37.4 Å². The average molecular weight is 180 g/mol. The molecule has 2 rings (SSSR count). The lowest BCUT2D eigenvalue weighted by molar-refractivity contribution is 1.69. The van der Waals surface area contributed by atoms with Gasteiger partial charge in [0.1, 0.15) is 0 Å². The Kier molecular flexibility index (Phi) is 2.19. The zero-order chi connectivity index (χ0) is 9.97. The van der Waals surface area contributed by atoms with Gasteiger partial charge in [-0.25, -0.2) is 0 Å². The van der Waals surface area contributed by atoms with Crippen LogP contribution in [0.5, 0.6) is 0 Å². The second-order valence-corrected chi connectivity index (χ2v) is 3.26. The van der Waals surface area contributed by atoms with E-state index in [1.54, 1.807) is 6.08 Å². The van der Waals surface area contributed by atoms with Gasteiger partial charge in [-0.1, -0.05) is 61.7 Å². The largest absolute Gasteiger partial charge is 0.0985 e. The van der Waals surface area contributed by atoms with Gasteiger partial charge in [-0.3, -0.25) is 0 Å². The number of allylic oxidation sites excluding steroid dienone is 2. The van der Waals surface area contributed by atoms with E-state index in [0.29, 0.717) is 0 Å².